The molecule has 1 saturated carbocycles. The van der Waals surface area contributed by atoms with E-state index in [-0.39, 0.29) is 23.4 Å². The Labute approximate surface area is 180 Å². The molecule has 1 fully saturated rings. The summed E-state index contributed by atoms with van der Waals surface area (Å²) in [5.41, 5.74) is 8.69. The molecule has 0 radical (unpaired) electrons. The van der Waals surface area contributed by atoms with Crippen LogP contribution in [0.3, 0.4) is 0 Å². The molecule has 6 nitrogen and oxygen atoms in total. The Balaban J connectivity index is 1.52. The molecule has 2 unspecified atom stereocenters. The molecule has 0 aliphatic heterocycles. The molecule has 1 heterocycles. The van der Waals surface area contributed by atoms with Gasteiger partial charge in [0.1, 0.15) is 17.3 Å². The highest BCUT2D eigenvalue weighted by atomic mass is 19.1. The Hall–Kier alpha value is -3.32. The van der Waals surface area contributed by atoms with Crippen molar-refractivity contribution in [2.24, 2.45) is 0 Å². The molecular weight excluding hydrogens is 395 g/mol. The Morgan fingerprint density at radius 3 is 2.74 bits per heavy atom. The van der Waals surface area contributed by atoms with E-state index in [9.17, 15) is 9.18 Å². The minimum atomic E-state index is -0.630. The third-order valence-electron chi connectivity index (χ3n) is 5.74. The van der Waals surface area contributed by atoms with Crippen LogP contribution >= 0.6 is 0 Å². The van der Waals surface area contributed by atoms with E-state index >= 15 is 0 Å². The van der Waals surface area contributed by atoms with Gasteiger partial charge in [-0.3, -0.25) is 4.79 Å². The van der Waals surface area contributed by atoms with E-state index in [1.807, 2.05) is 30.3 Å². The lowest BCUT2D eigenvalue weighted by Crippen LogP contribution is -2.23. The van der Waals surface area contributed by atoms with Gasteiger partial charge in [0, 0.05) is 25.1 Å². The molecule has 2 atom stereocenters. The van der Waals surface area contributed by atoms with E-state index in [0.717, 1.165) is 30.5 Å². The third-order valence-corrected chi connectivity index (χ3v) is 5.74. The van der Waals surface area contributed by atoms with Crippen LogP contribution in [0.5, 0.6) is 0 Å². The van der Waals surface area contributed by atoms with E-state index in [0.29, 0.717) is 17.8 Å². The van der Waals surface area contributed by atoms with Gasteiger partial charge in [-0.2, -0.15) is 0 Å². The van der Waals surface area contributed by atoms with E-state index in [1.165, 1.54) is 12.1 Å². The Morgan fingerprint density at radius 1 is 1.23 bits per heavy atom. The van der Waals surface area contributed by atoms with Gasteiger partial charge in [-0.1, -0.05) is 36.4 Å². The number of hydrogen-bond acceptors (Lipinski definition) is 5. The zero-order chi connectivity index (χ0) is 21.8. The molecule has 1 aromatic heterocycles. The Bertz CT molecular complexity index is 1070. The first-order chi connectivity index (χ1) is 15.0. The van der Waals surface area contributed by atoms with Crippen LogP contribution in [0.1, 0.15) is 46.8 Å². The second kappa shape index (κ2) is 9.22. The average Bonchev–Trinajstić information content (AvgIpc) is 3.28. The van der Waals surface area contributed by atoms with Crippen molar-refractivity contribution in [1.82, 2.24) is 15.3 Å². The van der Waals surface area contributed by atoms with Crippen molar-refractivity contribution < 1.29 is 13.9 Å². The van der Waals surface area contributed by atoms with Gasteiger partial charge in [-0.15, -0.1) is 0 Å². The average molecular weight is 420 g/mol. The third kappa shape index (κ3) is 4.72. The summed E-state index contributed by atoms with van der Waals surface area (Å²) in [4.78, 5) is 21.4. The Kier molecular flexibility index (Phi) is 6.23. The number of aromatic nitrogens is 2. The topological polar surface area (TPSA) is 90.1 Å². The number of nitrogens with zero attached hydrogens (tertiary/aromatic N) is 2. The molecule has 31 heavy (non-hydrogen) atoms. The number of rotatable bonds is 6. The van der Waals surface area contributed by atoms with Crippen LogP contribution in [0.2, 0.25) is 0 Å². The molecule has 0 bridgehead atoms. The van der Waals surface area contributed by atoms with Gasteiger partial charge in [-0.25, -0.2) is 14.4 Å². The largest absolute Gasteiger partial charge is 0.382 e. The molecule has 1 amide bonds. The summed E-state index contributed by atoms with van der Waals surface area (Å²) in [6.07, 6.45) is 4.72. The lowest BCUT2D eigenvalue weighted by Gasteiger charge is -2.13. The zero-order valence-corrected chi connectivity index (χ0v) is 17.3. The molecule has 1 aliphatic rings. The highest BCUT2D eigenvalue weighted by Crippen LogP contribution is 2.36. The predicted molar refractivity (Wildman–Crippen MR) is 117 cm³/mol. The number of hydrogen-bond donors (Lipinski definition) is 2. The second-order valence-corrected chi connectivity index (χ2v) is 7.76. The van der Waals surface area contributed by atoms with E-state index in [1.54, 1.807) is 19.4 Å². The molecule has 160 valence electrons. The van der Waals surface area contributed by atoms with Gasteiger partial charge in [0.2, 0.25) is 0 Å². The van der Waals surface area contributed by atoms with E-state index in [4.69, 9.17) is 10.5 Å². The van der Waals surface area contributed by atoms with Crippen LogP contribution in [0.15, 0.2) is 54.7 Å². The minimum absolute atomic E-state index is 0.0268. The van der Waals surface area contributed by atoms with Crippen molar-refractivity contribution in [3.8, 4) is 11.3 Å². The Morgan fingerprint density at radius 2 is 2.03 bits per heavy atom. The first kappa shape index (κ1) is 20.9. The van der Waals surface area contributed by atoms with Gasteiger partial charge in [0.25, 0.3) is 5.91 Å². The summed E-state index contributed by atoms with van der Waals surface area (Å²) in [7, 11) is 1.72. The quantitative estimate of drug-likeness (QED) is 0.627. The normalized spacial score (nSPS) is 18.1. The first-order valence-corrected chi connectivity index (χ1v) is 10.3. The van der Waals surface area contributed by atoms with Crippen LogP contribution in [0.4, 0.5) is 10.2 Å². The van der Waals surface area contributed by atoms with E-state index in [2.05, 4.69) is 15.3 Å². The van der Waals surface area contributed by atoms with Crippen LogP contribution in [0.25, 0.3) is 11.3 Å². The molecular formula is C24H25FN4O2. The number of halogens is 1. The summed E-state index contributed by atoms with van der Waals surface area (Å²) < 4.78 is 20.2. The number of ether oxygens (including phenoxy) is 1. The van der Waals surface area contributed by atoms with Crippen molar-refractivity contribution in [1.29, 1.82) is 0 Å². The number of anilines is 1. The molecule has 3 aromatic rings. The minimum Gasteiger partial charge on any atom is -0.382 e. The summed E-state index contributed by atoms with van der Waals surface area (Å²) in [6.45, 7) is 0.325. The summed E-state index contributed by atoms with van der Waals surface area (Å²) in [5, 5.41) is 2.74. The van der Waals surface area contributed by atoms with Crippen LogP contribution in [-0.2, 0) is 11.3 Å². The maximum absolute atomic E-state index is 14.8. The van der Waals surface area contributed by atoms with Gasteiger partial charge in [0.05, 0.1) is 23.6 Å². The number of nitrogen functional groups attached to an aromatic ring is 1. The highest BCUT2D eigenvalue weighted by Gasteiger charge is 2.27. The molecule has 2 aromatic carbocycles. The summed E-state index contributed by atoms with van der Waals surface area (Å²) in [5.74, 6) is -0.636. The smallest absolute Gasteiger partial charge is 0.254 e. The monoisotopic (exact) mass is 420 g/mol. The fraction of sp³-hybridized carbons (Fsp3) is 0.292. The van der Waals surface area contributed by atoms with Crippen molar-refractivity contribution in [3.63, 3.8) is 0 Å². The van der Waals surface area contributed by atoms with Crippen molar-refractivity contribution >= 4 is 11.7 Å². The number of amides is 1. The number of nitrogens with two attached hydrogens (primary N) is 1. The number of methoxy groups -OCH3 is 1. The molecule has 7 heteroatoms. The van der Waals surface area contributed by atoms with Crippen molar-refractivity contribution in [2.75, 3.05) is 12.8 Å². The lowest BCUT2D eigenvalue weighted by molar-refractivity contribution is 0.0947. The number of carbonyl (C=O) groups excluding carboxylic acids is 1. The fourth-order valence-corrected chi connectivity index (χ4v) is 3.96. The SMILES string of the molecule is COC1CCC(c2cnc(N)c(-c3ccc(C(=O)NCc4ccccc4)c(F)c3)n2)C1. The fourth-order valence-electron chi connectivity index (χ4n) is 3.96. The van der Waals surface area contributed by atoms with Gasteiger partial charge in [0.15, 0.2) is 0 Å². The molecule has 0 saturated heterocycles. The lowest BCUT2D eigenvalue weighted by atomic mass is 10.0. The van der Waals surface area contributed by atoms with Crippen LogP contribution in [-0.4, -0.2) is 29.1 Å². The van der Waals surface area contributed by atoms with Gasteiger partial charge >= 0.3 is 0 Å². The first-order valence-electron chi connectivity index (χ1n) is 10.3. The predicted octanol–water partition coefficient (Wildman–Crippen LogP) is 4.08. The van der Waals surface area contributed by atoms with Crippen LogP contribution < -0.4 is 11.1 Å². The van der Waals surface area contributed by atoms with E-state index < -0.39 is 11.7 Å². The summed E-state index contributed by atoms with van der Waals surface area (Å²) in [6, 6.07) is 13.9. The molecule has 0 spiro atoms. The highest BCUT2D eigenvalue weighted by molar-refractivity contribution is 5.95. The standard InChI is InChI=1S/C24H25FN4O2/c1-31-18-9-7-16(11-18)21-14-27-23(26)22(29-21)17-8-10-19(20(25)12-17)24(30)28-13-15-5-3-2-4-6-15/h2-6,8,10,12,14,16,18H,7,9,11,13H2,1H3,(H2,26,27)(H,28,30). The molecule has 1 aliphatic carbocycles. The van der Waals surface area contributed by atoms with Crippen LogP contribution in [0, 0.1) is 5.82 Å². The molecule has 3 N–H and O–H groups in total. The van der Waals surface area contributed by atoms with Gasteiger partial charge in [-0.05, 0) is 37.0 Å². The zero-order valence-electron chi connectivity index (χ0n) is 17.3. The van der Waals surface area contributed by atoms with Crippen molar-refractivity contribution in [3.05, 3.63) is 77.4 Å². The maximum Gasteiger partial charge on any atom is 0.254 e. The molecule has 4 rings (SSSR count). The van der Waals surface area contributed by atoms with Crippen molar-refractivity contribution in [2.45, 2.75) is 37.8 Å². The number of nitrogens with one attached hydrogen (secondary N) is 1. The number of benzene rings is 2. The number of carbonyl (C=O) groups is 1. The van der Waals surface area contributed by atoms with Gasteiger partial charge < -0.3 is 15.8 Å². The second-order valence-electron chi connectivity index (χ2n) is 7.76. The summed E-state index contributed by atoms with van der Waals surface area (Å²) >= 11 is 0. The maximum atomic E-state index is 14.8.